The highest BCUT2D eigenvalue weighted by Crippen LogP contribution is 1.94. The maximum atomic E-state index is 5.47. The molecule has 0 spiro atoms. The van der Waals surface area contributed by atoms with E-state index in [0.29, 0.717) is 119 Å². The summed E-state index contributed by atoms with van der Waals surface area (Å²) in [5.41, 5.74) is 0. The van der Waals surface area contributed by atoms with Gasteiger partial charge in [-0.2, -0.15) is 0 Å². The first-order chi connectivity index (χ1) is 16.9. The first-order valence-electron chi connectivity index (χ1n) is 12.6. The average molecular weight is 499 g/mol. The van der Waals surface area contributed by atoms with E-state index in [1.807, 2.05) is 0 Å². The van der Waals surface area contributed by atoms with Crippen molar-refractivity contribution in [1.82, 2.24) is 0 Å². The molecule has 206 valence electrons. The van der Waals surface area contributed by atoms with Crippen molar-refractivity contribution < 1.29 is 47.4 Å². The summed E-state index contributed by atoms with van der Waals surface area (Å²) in [5, 5.41) is 0. The molecule has 0 saturated heterocycles. The summed E-state index contributed by atoms with van der Waals surface area (Å²) in [6.45, 7) is 13.1. The van der Waals surface area contributed by atoms with Gasteiger partial charge in [0.05, 0.1) is 119 Å². The van der Waals surface area contributed by atoms with E-state index in [9.17, 15) is 0 Å². The molecule has 0 bridgehead atoms. The third-order valence-electron chi connectivity index (χ3n) is 4.30. The highest BCUT2D eigenvalue weighted by molar-refractivity contribution is 4.39. The van der Waals surface area contributed by atoms with Crippen LogP contribution in [0.1, 0.15) is 26.2 Å². The van der Waals surface area contributed by atoms with Gasteiger partial charge >= 0.3 is 0 Å². The van der Waals surface area contributed by atoms with Gasteiger partial charge in [-0.25, -0.2) is 0 Å². The normalized spacial score (nSPS) is 11.5. The zero-order chi connectivity index (χ0) is 24.6. The van der Waals surface area contributed by atoms with Crippen molar-refractivity contribution in [2.45, 2.75) is 26.2 Å². The summed E-state index contributed by atoms with van der Waals surface area (Å²) < 4.78 is 53.7. The van der Waals surface area contributed by atoms with Crippen LogP contribution in [-0.4, -0.2) is 133 Å². The predicted molar refractivity (Wildman–Crippen MR) is 129 cm³/mol. The van der Waals surface area contributed by atoms with Crippen LogP contribution in [-0.2, 0) is 47.4 Å². The van der Waals surface area contributed by atoms with Gasteiger partial charge in [0.1, 0.15) is 0 Å². The highest BCUT2D eigenvalue weighted by Gasteiger charge is 1.95. The molecule has 34 heavy (non-hydrogen) atoms. The maximum Gasteiger partial charge on any atom is 0.0701 e. The summed E-state index contributed by atoms with van der Waals surface area (Å²) in [5.74, 6) is 0. The van der Waals surface area contributed by atoms with Gasteiger partial charge in [0, 0.05) is 13.7 Å². The second-order valence-corrected chi connectivity index (χ2v) is 7.21. The van der Waals surface area contributed by atoms with Crippen molar-refractivity contribution in [3.05, 3.63) is 0 Å². The number of rotatable bonds is 31. The lowest BCUT2D eigenvalue weighted by molar-refractivity contribution is -0.0259. The third-order valence-corrected chi connectivity index (χ3v) is 4.30. The van der Waals surface area contributed by atoms with Gasteiger partial charge in [-0.1, -0.05) is 19.8 Å². The van der Waals surface area contributed by atoms with E-state index in [1.165, 1.54) is 12.8 Å². The van der Waals surface area contributed by atoms with E-state index in [4.69, 9.17) is 47.4 Å². The van der Waals surface area contributed by atoms with Crippen molar-refractivity contribution >= 4 is 0 Å². The molecule has 0 amide bonds. The Morgan fingerprint density at radius 1 is 0.294 bits per heavy atom. The minimum absolute atomic E-state index is 0.533. The Kier molecular flexibility index (Phi) is 32.2. The van der Waals surface area contributed by atoms with Crippen LogP contribution in [0, 0.1) is 0 Å². The van der Waals surface area contributed by atoms with Gasteiger partial charge in [-0.3, -0.25) is 0 Å². The van der Waals surface area contributed by atoms with Crippen LogP contribution in [0.5, 0.6) is 0 Å². The Labute approximate surface area is 206 Å². The van der Waals surface area contributed by atoms with E-state index in [1.54, 1.807) is 7.11 Å². The molecule has 0 atom stereocenters. The van der Waals surface area contributed by atoms with Gasteiger partial charge in [0.2, 0.25) is 0 Å². The van der Waals surface area contributed by atoms with E-state index in [-0.39, 0.29) is 0 Å². The molecule has 0 aliphatic rings. The lowest BCUT2D eigenvalue weighted by Gasteiger charge is -2.09. The number of hydrogen-bond donors (Lipinski definition) is 0. The number of hydrogen-bond acceptors (Lipinski definition) is 10. The standard InChI is InChI=1S/C24H50O10/c1-3-4-5-6-26-9-10-28-13-14-30-17-18-32-21-22-34-24-23-33-20-19-31-16-15-29-12-11-27-8-7-25-2/h3-24H2,1-2H3. The molecule has 0 saturated carbocycles. The smallest absolute Gasteiger partial charge is 0.0701 e. The first kappa shape index (κ1) is 33.6. The van der Waals surface area contributed by atoms with E-state index < -0.39 is 0 Å². The van der Waals surface area contributed by atoms with Crippen LogP contribution in [0.15, 0.2) is 0 Å². The first-order valence-corrected chi connectivity index (χ1v) is 12.6. The molecule has 10 nitrogen and oxygen atoms in total. The van der Waals surface area contributed by atoms with Crippen LogP contribution in [0.2, 0.25) is 0 Å². The minimum Gasteiger partial charge on any atom is -0.382 e. The minimum atomic E-state index is 0.533. The molecule has 10 heteroatoms. The molecular weight excluding hydrogens is 448 g/mol. The zero-order valence-corrected chi connectivity index (χ0v) is 21.6. The second-order valence-electron chi connectivity index (χ2n) is 7.21. The number of ether oxygens (including phenoxy) is 10. The van der Waals surface area contributed by atoms with E-state index >= 15 is 0 Å². The Balaban J connectivity index is 2.99. The fourth-order valence-electron chi connectivity index (χ4n) is 2.46. The quantitative estimate of drug-likeness (QED) is 0.132. The van der Waals surface area contributed by atoms with Crippen LogP contribution < -0.4 is 0 Å². The summed E-state index contributed by atoms with van der Waals surface area (Å²) in [6, 6.07) is 0. The topological polar surface area (TPSA) is 92.3 Å². The molecule has 0 radical (unpaired) electrons. The second kappa shape index (κ2) is 32.6. The van der Waals surface area contributed by atoms with Gasteiger partial charge in [-0.15, -0.1) is 0 Å². The molecule has 0 aromatic rings. The highest BCUT2D eigenvalue weighted by atomic mass is 16.6. The van der Waals surface area contributed by atoms with Gasteiger partial charge in [0.25, 0.3) is 0 Å². The molecular formula is C24H50O10. The molecule has 0 aromatic carbocycles. The van der Waals surface area contributed by atoms with Crippen LogP contribution in [0.25, 0.3) is 0 Å². The van der Waals surface area contributed by atoms with Crippen LogP contribution >= 0.6 is 0 Å². The molecule has 0 fully saturated rings. The largest absolute Gasteiger partial charge is 0.382 e. The Bertz CT molecular complexity index is 318. The van der Waals surface area contributed by atoms with E-state index in [0.717, 1.165) is 13.0 Å². The summed E-state index contributed by atoms with van der Waals surface area (Å²) in [4.78, 5) is 0. The fraction of sp³-hybridized carbons (Fsp3) is 1.00. The lowest BCUT2D eigenvalue weighted by atomic mass is 10.3. The van der Waals surface area contributed by atoms with Crippen LogP contribution in [0.4, 0.5) is 0 Å². The molecule has 0 N–H and O–H groups in total. The maximum absolute atomic E-state index is 5.47. The summed E-state index contributed by atoms with van der Waals surface area (Å²) in [6.07, 6.45) is 3.56. The molecule has 0 aliphatic carbocycles. The Hall–Kier alpha value is -0.400. The zero-order valence-electron chi connectivity index (χ0n) is 21.6. The molecule has 0 rings (SSSR count). The molecule has 0 aromatic heterocycles. The molecule has 0 unspecified atom stereocenters. The third kappa shape index (κ3) is 31.6. The number of unbranched alkanes of at least 4 members (excludes halogenated alkanes) is 2. The van der Waals surface area contributed by atoms with Gasteiger partial charge < -0.3 is 47.4 Å². The average Bonchev–Trinajstić information content (AvgIpc) is 2.85. The van der Waals surface area contributed by atoms with Crippen molar-refractivity contribution in [3.8, 4) is 0 Å². The monoisotopic (exact) mass is 498 g/mol. The van der Waals surface area contributed by atoms with E-state index in [2.05, 4.69) is 6.92 Å². The fourth-order valence-corrected chi connectivity index (χ4v) is 2.46. The Morgan fingerprint density at radius 3 is 0.765 bits per heavy atom. The SMILES string of the molecule is CCCCCOCCOCCOCCOCCOCCOCCOCCOCCOCCOC. The van der Waals surface area contributed by atoms with Crippen molar-refractivity contribution in [3.63, 3.8) is 0 Å². The van der Waals surface area contributed by atoms with Crippen LogP contribution in [0.3, 0.4) is 0 Å². The van der Waals surface area contributed by atoms with Crippen molar-refractivity contribution in [2.75, 3.05) is 133 Å². The molecule has 0 heterocycles. The molecule has 0 aliphatic heterocycles. The van der Waals surface area contributed by atoms with Gasteiger partial charge in [0.15, 0.2) is 0 Å². The van der Waals surface area contributed by atoms with Gasteiger partial charge in [-0.05, 0) is 6.42 Å². The lowest BCUT2D eigenvalue weighted by Crippen LogP contribution is -2.15. The van der Waals surface area contributed by atoms with Crippen molar-refractivity contribution in [2.24, 2.45) is 0 Å². The summed E-state index contributed by atoms with van der Waals surface area (Å²) >= 11 is 0. The Morgan fingerprint density at radius 2 is 0.529 bits per heavy atom. The van der Waals surface area contributed by atoms with Crippen molar-refractivity contribution in [1.29, 1.82) is 0 Å². The summed E-state index contributed by atoms with van der Waals surface area (Å²) in [7, 11) is 1.65. The number of methoxy groups -OCH3 is 1. The predicted octanol–water partition coefficient (Wildman–Crippen LogP) is 1.97.